The van der Waals surface area contributed by atoms with Crippen LogP contribution in [0, 0.1) is 5.92 Å². The molecule has 0 aromatic carbocycles. The van der Waals surface area contributed by atoms with Crippen molar-refractivity contribution < 1.29 is 5.11 Å². The predicted octanol–water partition coefficient (Wildman–Crippen LogP) is 6.40. The van der Waals surface area contributed by atoms with Gasteiger partial charge in [0.25, 0.3) is 0 Å². The highest BCUT2D eigenvalue weighted by Gasteiger charge is 2.01. The molecule has 1 nitrogen and oxygen atoms in total. The normalized spacial score (nSPS) is 13.2. The third-order valence-corrected chi connectivity index (χ3v) is 3.72. The van der Waals surface area contributed by atoms with Crippen molar-refractivity contribution in [3.8, 4) is 0 Å². The summed E-state index contributed by atoms with van der Waals surface area (Å²) in [5.41, 5.74) is 0. The van der Waals surface area contributed by atoms with Crippen molar-refractivity contribution >= 4 is 0 Å². The van der Waals surface area contributed by atoms with Crippen molar-refractivity contribution in [2.45, 2.75) is 90.9 Å². The zero-order chi connectivity index (χ0) is 13.5. The van der Waals surface area contributed by atoms with Crippen molar-refractivity contribution in [1.82, 2.24) is 0 Å². The summed E-state index contributed by atoms with van der Waals surface area (Å²) in [6.45, 7) is 4.66. The molecule has 0 aliphatic rings. The van der Waals surface area contributed by atoms with Gasteiger partial charge in [0, 0.05) is 0 Å². The van der Waals surface area contributed by atoms with Gasteiger partial charge in [-0.1, -0.05) is 84.1 Å². The Morgan fingerprint density at radius 3 is 2.00 bits per heavy atom. The van der Waals surface area contributed by atoms with E-state index in [9.17, 15) is 0 Å². The molecular weight excluding hydrogens is 220 g/mol. The Kier molecular flexibility index (Phi) is 14.2. The Hall–Kier alpha value is -0.460. The van der Waals surface area contributed by atoms with Crippen LogP contribution in [0.2, 0.25) is 0 Å². The lowest BCUT2D eigenvalue weighted by Gasteiger charge is -2.10. The smallest absolute Gasteiger partial charge is 0.0751 e. The zero-order valence-corrected chi connectivity index (χ0v) is 12.7. The second-order valence-electron chi connectivity index (χ2n) is 5.68. The summed E-state index contributed by atoms with van der Waals surface area (Å²) in [6, 6.07) is 0. The molecule has 0 aromatic rings. The van der Waals surface area contributed by atoms with E-state index in [1.54, 1.807) is 0 Å². The Bertz CT molecular complexity index is 174. The minimum absolute atomic E-state index is 0.888. The third-order valence-electron chi connectivity index (χ3n) is 3.72. The molecular formula is C17H34O. The topological polar surface area (TPSA) is 20.2 Å². The van der Waals surface area contributed by atoms with Gasteiger partial charge in [0.15, 0.2) is 0 Å². The highest BCUT2D eigenvalue weighted by Crippen LogP contribution is 2.17. The van der Waals surface area contributed by atoms with E-state index in [4.69, 9.17) is 5.11 Å². The van der Waals surface area contributed by atoms with Crippen LogP contribution >= 0.6 is 0 Å². The van der Waals surface area contributed by atoms with Gasteiger partial charge < -0.3 is 5.11 Å². The summed E-state index contributed by atoms with van der Waals surface area (Å²) in [4.78, 5) is 0. The van der Waals surface area contributed by atoms with Gasteiger partial charge >= 0.3 is 0 Å². The van der Waals surface area contributed by atoms with Crippen LogP contribution in [0.1, 0.15) is 90.9 Å². The predicted molar refractivity (Wildman–Crippen MR) is 82.0 cm³/mol. The van der Waals surface area contributed by atoms with E-state index in [-0.39, 0.29) is 0 Å². The molecule has 0 saturated carbocycles. The van der Waals surface area contributed by atoms with E-state index < -0.39 is 0 Å². The minimum atomic E-state index is 0.888. The molecule has 0 spiro atoms. The number of aliphatic hydroxyl groups excluding tert-OH is 1. The van der Waals surface area contributed by atoms with E-state index in [2.05, 4.69) is 13.8 Å². The lowest BCUT2D eigenvalue weighted by molar-refractivity contribution is 0.436. The van der Waals surface area contributed by atoms with Crippen LogP contribution in [0.25, 0.3) is 0 Å². The Balaban J connectivity index is 3.14. The highest BCUT2D eigenvalue weighted by molar-refractivity contribution is 4.71. The van der Waals surface area contributed by atoms with Crippen molar-refractivity contribution in [2.75, 3.05) is 0 Å². The summed E-state index contributed by atoms with van der Waals surface area (Å²) in [6.07, 6.45) is 19.3. The molecule has 0 aromatic heterocycles. The van der Waals surface area contributed by atoms with E-state index >= 15 is 0 Å². The zero-order valence-electron chi connectivity index (χ0n) is 12.7. The summed E-state index contributed by atoms with van der Waals surface area (Å²) < 4.78 is 0. The average molecular weight is 254 g/mol. The molecule has 0 rings (SSSR count). The highest BCUT2D eigenvalue weighted by atomic mass is 16.2. The number of unbranched alkanes of at least 4 members (excludes halogenated alkanes) is 8. The number of rotatable bonds is 13. The molecule has 0 aliphatic heterocycles. The maximum Gasteiger partial charge on any atom is 0.0751 e. The fraction of sp³-hybridized carbons (Fsp3) is 0.882. The minimum Gasteiger partial charge on any atom is -0.516 e. The van der Waals surface area contributed by atoms with Crippen LogP contribution in [0.4, 0.5) is 0 Å². The fourth-order valence-corrected chi connectivity index (χ4v) is 2.42. The lowest BCUT2D eigenvalue weighted by Crippen LogP contribution is -1.95. The molecule has 1 heteroatoms. The van der Waals surface area contributed by atoms with Crippen LogP contribution in [0.15, 0.2) is 12.3 Å². The first-order valence-electron chi connectivity index (χ1n) is 8.10. The standard InChI is InChI=1S/C17H34O/c1-3-4-5-6-7-8-11-14-17(2)15-12-9-10-13-16-18/h13,16-18H,3-12,14-15H2,1-2H3. The molecule has 1 atom stereocenters. The third kappa shape index (κ3) is 13.6. The van der Waals surface area contributed by atoms with Gasteiger partial charge in [-0.25, -0.2) is 0 Å². The van der Waals surface area contributed by atoms with E-state index in [1.807, 2.05) is 6.08 Å². The Morgan fingerprint density at radius 1 is 0.833 bits per heavy atom. The van der Waals surface area contributed by atoms with Crippen molar-refractivity contribution in [3.05, 3.63) is 12.3 Å². The van der Waals surface area contributed by atoms with Gasteiger partial charge in [0.2, 0.25) is 0 Å². The van der Waals surface area contributed by atoms with E-state index in [0.717, 1.165) is 12.3 Å². The summed E-state index contributed by atoms with van der Waals surface area (Å²) >= 11 is 0. The molecule has 108 valence electrons. The number of hydrogen-bond donors (Lipinski definition) is 1. The molecule has 0 aliphatic carbocycles. The van der Waals surface area contributed by atoms with Crippen LogP contribution < -0.4 is 0 Å². The molecule has 1 N–H and O–H groups in total. The van der Waals surface area contributed by atoms with Gasteiger partial charge in [0.1, 0.15) is 0 Å². The second-order valence-corrected chi connectivity index (χ2v) is 5.68. The molecule has 18 heavy (non-hydrogen) atoms. The fourth-order valence-electron chi connectivity index (χ4n) is 2.42. The van der Waals surface area contributed by atoms with Gasteiger partial charge in [0.05, 0.1) is 6.26 Å². The Morgan fingerprint density at radius 2 is 1.39 bits per heavy atom. The van der Waals surface area contributed by atoms with E-state index in [1.165, 1.54) is 76.9 Å². The number of aliphatic hydroxyl groups is 1. The first kappa shape index (κ1) is 17.5. The first-order chi connectivity index (χ1) is 8.81. The SMILES string of the molecule is CCCCCCCCCC(C)CCCCC=CO. The number of hydrogen-bond acceptors (Lipinski definition) is 1. The number of allylic oxidation sites excluding steroid dienone is 1. The van der Waals surface area contributed by atoms with Crippen molar-refractivity contribution in [1.29, 1.82) is 0 Å². The monoisotopic (exact) mass is 254 g/mol. The van der Waals surface area contributed by atoms with Gasteiger partial charge in [-0.3, -0.25) is 0 Å². The van der Waals surface area contributed by atoms with Gasteiger partial charge in [-0.2, -0.15) is 0 Å². The summed E-state index contributed by atoms with van der Waals surface area (Å²) in [5, 5.41) is 8.51. The summed E-state index contributed by atoms with van der Waals surface area (Å²) in [7, 11) is 0. The van der Waals surface area contributed by atoms with Crippen molar-refractivity contribution in [2.24, 2.45) is 5.92 Å². The molecule has 0 radical (unpaired) electrons. The van der Waals surface area contributed by atoms with Gasteiger partial charge in [-0.15, -0.1) is 0 Å². The molecule has 0 fully saturated rings. The molecule has 1 unspecified atom stereocenters. The quantitative estimate of drug-likeness (QED) is 0.298. The molecule has 0 heterocycles. The Labute approximate surface area is 115 Å². The van der Waals surface area contributed by atoms with Crippen LogP contribution in [-0.4, -0.2) is 5.11 Å². The van der Waals surface area contributed by atoms with Crippen LogP contribution in [0.3, 0.4) is 0 Å². The van der Waals surface area contributed by atoms with E-state index in [0.29, 0.717) is 0 Å². The molecule has 0 amide bonds. The van der Waals surface area contributed by atoms with Crippen LogP contribution in [-0.2, 0) is 0 Å². The molecule has 0 saturated heterocycles. The molecule has 0 bridgehead atoms. The van der Waals surface area contributed by atoms with Crippen LogP contribution in [0.5, 0.6) is 0 Å². The maximum atomic E-state index is 8.51. The van der Waals surface area contributed by atoms with Gasteiger partial charge in [-0.05, 0) is 18.8 Å². The van der Waals surface area contributed by atoms with Crippen molar-refractivity contribution in [3.63, 3.8) is 0 Å². The first-order valence-corrected chi connectivity index (χ1v) is 8.10. The maximum absolute atomic E-state index is 8.51. The largest absolute Gasteiger partial charge is 0.516 e. The lowest BCUT2D eigenvalue weighted by atomic mass is 9.96. The second kappa shape index (κ2) is 14.6. The average Bonchev–Trinajstić information content (AvgIpc) is 2.37. The summed E-state index contributed by atoms with van der Waals surface area (Å²) in [5.74, 6) is 0.888.